The van der Waals surface area contributed by atoms with Crippen LogP contribution in [-0.4, -0.2) is 79.2 Å². The van der Waals surface area contributed by atoms with Gasteiger partial charge in [-0.05, 0) is 70.2 Å². The summed E-state index contributed by atoms with van der Waals surface area (Å²) < 4.78 is 3.92. The molecule has 5 nitrogen and oxygen atoms in total. The van der Waals surface area contributed by atoms with Crippen LogP contribution in [0.15, 0.2) is 36.4 Å². The molecule has 0 aromatic heterocycles. The lowest BCUT2D eigenvalue weighted by Crippen LogP contribution is -2.62. The lowest BCUT2D eigenvalue weighted by molar-refractivity contribution is -0.0452. The van der Waals surface area contributed by atoms with Crippen molar-refractivity contribution in [2.45, 2.75) is 65.5 Å². The molecule has 0 bridgehead atoms. The summed E-state index contributed by atoms with van der Waals surface area (Å²) in [6.07, 6.45) is 5.29. The van der Waals surface area contributed by atoms with Gasteiger partial charge in [-0.1, -0.05) is 0 Å². The zero-order valence-corrected chi connectivity index (χ0v) is 24.6. The first-order chi connectivity index (χ1) is 18.3. The van der Waals surface area contributed by atoms with Crippen LogP contribution in [0.25, 0.3) is 20.8 Å². The molecule has 6 aliphatic rings. The second-order valence-electron chi connectivity index (χ2n) is 13.5. The Balaban J connectivity index is 1.09. The summed E-state index contributed by atoms with van der Waals surface area (Å²) in [5.74, 6) is 0. The molecule has 0 N–H and O–H groups in total. The van der Waals surface area contributed by atoms with Crippen molar-refractivity contribution in [3.63, 3.8) is 0 Å². The fraction of sp³-hybridized carbons (Fsp3) is 0.625. The number of aromatic nitrogens is 1. The molecule has 0 radical (unpaired) electrons. The molecule has 0 unspecified atom stereocenters. The third-order valence-corrected chi connectivity index (χ3v) is 11.4. The molecule has 202 valence electrons. The summed E-state index contributed by atoms with van der Waals surface area (Å²) in [5.41, 5.74) is 4.78. The number of anilines is 1. The molecule has 1 aromatic rings. The number of hydrogen-bond acceptors (Lipinski definition) is 5. The minimum atomic E-state index is 0.578. The number of nitrogens with zero attached hydrogens (tertiary/aromatic N) is 5. The van der Waals surface area contributed by atoms with E-state index in [1.54, 1.807) is 0 Å². The predicted octanol–water partition coefficient (Wildman–Crippen LogP) is 4.99. The molecule has 38 heavy (non-hydrogen) atoms. The molecular weight excluding hydrogens is 486 g/mol. The van der Waals surface area contributed by atoms with Crippen molar-refractivity contribution in [2.24, 2.45) is 10.8 Å². The average Bonchev–Trinajstić information content (AvgIpc) is 2.88. The standard InChI is InChI=1S/C32H44N5S/c1-23(2)36-19-31(20-36)9-13-34(14-10-31)25-5-7-27-29(17-25)38-30-18-26(6-8-28(30)33-27)35-15-11-32(12-16-35)21-37(22-32)24(3)4/h5-8,17-18,23-24H,9-16,19-22H2,1-4H3/q+1. The van der Waals surface area contributed by atoms with Gasteiger partial charge >= 0.3 is 0 Å². The lowest BCUT2D eigenvalue weighted by atomic mass is 9.71. The van der Waals surface area contributed by atoms with Gasteiger partial charge in [0.05, 0.1) is 20.8 Å². The van der Waals surface area contributed by atoms with Gasteiger partial charge < -0.3 is 4.90 Å². The Kier molecular flexibility index (Phi) is 6.10. The molecule has 0 atom stereocenters. The Morgan fingerprint density at radius 3 is 2.05 bits per heavy atom. The number of hydrogen-bond donors (Lipinski definition) is 0. The number of rotatable bonds is 3. The van der Waals surface area contributed by atoms with Gasteiger partial charge in [0.25, 0.3) is 0 Å². The SMILES string of the molecule is CC(C)N1CC2(CCN(c3ccc4nc5ccc(=[N+]6CCC7(CC6)CN(C(C)C)C7)cc-5sc4c3)CC2)C1. The van der Waals surface area contributed by atoms with Crippen LogP contribution in [-0.2, 0) is 0 Å². The molecule has 0 amide bonds. The van der Waals surface area contributed by atoms with Gasteiger partial charge in [-0.2, -0.15) is 0 Å². The zero-order chi connectivity index (χ0) is 26.1. The first kappa shape index (κ1) is 25.0. The van der Waals surface area contributed by atoms with Crippen molar-refractivity contribution in [1.82, 2.24) is 19.4 Å². The van der Waals surface area contributed by atoms with Crippen molar-refractivity contribution < 1.29 is 0 Å². The van der Waals surface area contributed by atoms with Gasteiger partial charge in [0.15, 0.2) is 0 Å². The summed E-state index contributed by atoms with van der Waals surface area (Å²) >= 11 is 1.92. The monoisotopic (exact) mass is 530 g/mol. The van der Waals surface area contributed by atoms with Crippen LogP contribution in [0.5, 0.6) is 0 Å². The van der Waals surface area contributed by atoms with Crippen LogP contribution in [0.3, 0.4) is 0 Å². The second kappa shape index (κ2) is 9.28. The third-order valence-electron chi connectivity index (χ3n) is 10.3. The van der Waals surface area contributed by atoms with Crippen molar-refractivity contribution in [1.29, 1.82) is 0 Å². The Morgan fingerprint density at radius 1 is 0.789 bits per heavy atom. The molecule has 1 aromatic carbocycles. The second-order valence-corrected chi connectivity index (χ2v) is 14.6. The minimum absolute atomic E-state index is 0.578. The van der Waals surface area contributed by atoms with E-state index in [0.29, 0.717) is 22.9 Å². The van der Waals surface area contributed by atoms with Crippen LogP contribution < -0.4 is 14.8 Å². The van der Waals surface area contributed by atoms with Gasteiger partial charge in [-0.25, -0.2) is 9.56 Å². The maximum Gasteiger partial charge on any atom is 0.201 e. The first-order valence-corrected chi connectivity index (χ1v) is 15.8. The summed E-state index contributed by atoms with van der Waals surface area (Å²) in [4.78, 5) is 14.2. The van der Waals surface area contributed by atoms with Crippen LogP contribution in [0, 0.1) is 10.8 Å². The van der Waals surface area contributed by atoms with E-state index in [1.807, 2.05) is 11.3 Å². The number of piperidine rings is 2. The van der Waals surface area contributed by atoms with E-state index >= 15 is 0 Å². The van der Waals surface area contributed by atoms with E-state index in [1.165, 1.54) is 98.7 Å². The summed E-state index contributed by atoms with van der Waals surface area (Å²) in [6.45, 7) is 19.2. The maximum atomic E-state index is 5.05. The van der Waals surface area contributed by atoms with E-state index in [-0.39, 0.29) is 0 Å². The molecule has 6 heteroatoms. The van der Waals surface area contributed by atoms with Crippen molar-refractivity contribution in [2.75, 3.05) is 57.3 Å². The molecule has 0 saturated carbocycles. The highest BCUT2D eigenvalue weighted by Gasteiger charge is 2.47. The van der Waals surface area contributed by atoms with E-state index in [2.05, 4.69) is 83.4 Å². The van der Waals surface area contributed by atoms with Crippen molar-refractivity contribution >= 4 is 27.2 Å². The largest absolute Gasteiger partial charge is 0.371 e. The molecule has 2 spiro atoms. The average molecular weight is 531 g/mol. The molecule has 5 heterocycles. The lowest BCUT2D eigenvalue weighted by Gasteiger charge is -2.56. The van der Waals surface area contributed by atoms with Crippen LogP contribution in [0.1, 0.15) is 53.4 Å². The maximum absolute atomic E-state index is 5.05. The number of fused-ring (bicyclic) bond motifs is 2. The molecule has 7 rings (SSSR count). The van der Waals surface area contributed by atoms with Gasteiger partial charge in [0.1, 0.15) is 13.1 Å². The van der Waals surface area contributed by atoms with E-state index in [4.69, 9.17) is 4.98 Å². The summed E-state index contributed by atoms with van der Waals surface area (Å²) in [7, 11) is 0. The van der Waals surface area contributed by atoms with E-state index in [0.717, 1.165) is 11.2 Å². The van der Waals surface area contributed by atoms with Crippen LogP contribution in [0.4, 0.5) is 5.69 Å². The highest BCUT2D eigenvalue weighted by atomic mass is 32.1. The Bertz CT molecular complexity index is 1360. The molecule has 1 aliphatic carbocycles. The molecular formula is C32H44N5S+. The highest BCUT2D eigenvalue weighted by molar-refractivity contribution is 7.21. The number of benzene rings is 2. The Morgan fingerprint density at radius 2 is 1.42 bits per heavy atom. The van der Waals surface area contributed by atoms with Gasteiger partial charge in [0.2, 0.25) is 5.36 Å². The summed E-state index contributed by atoms with van der Waals surface area (Å²) in [5, 5.41) is 1.37. The normalized spacial score (nSPS) is 23.6. The quantitative estimate of drug-likeness (QED) is 0.352. The molecule has 4 fully saturated rings. The van der Waals surface area contributed by atoms with Gasteiger partial charge in [-0.3, -0.25) is 9.80 Å². The van der Waals surface area contributed by atoms with Gasteiger partial charge in [0, 0.05) is 87.4 Å². The van der Waals surface area contributed by atoms with Crippen molar-refractivity contribution in [3.05, 3.63) is 41.8 Å². The smallest absolute Gasteiger partial charge is 0.201 e. The Labute approximate surface area is 232 Å². The van der Waals surface area contributed by atoms with Crippen LogP contribution in [0.2, 0.25) is 0 Å². The highest BCUT2D eigenvalue weighted by Crippen LogP contribution is 2.43. The van der Waals surface area contributed by atoms with E-state index in [9.17, 15) is 0 Å². The van der Waals surface area contributed by atoms with Gasteiger partial charge in [-0.15, -0.1) is 11.3 Å². The molecule has 5 aliphatic heterocycles. The predicted molar refractivity (Wildman–Crippen MR) is 160 cm³/mol. The third kappa shape index (κ3) is 4.37. The fourth-order valence-corrected chi connectivity index (χ4v) is 8.50. The Hall–Kier alpha value is -2.02. The minimum Gasteiger partial charge on any atom is -0.371 e. The molecule has 4 saturated heterocycles. The first-order valence-electron chi connectivity index (χ1n) is 15.0. The van der Waals surface area contributed by atoms with E-state index < -0.39 is 0 Å². The zero-order valence-electron chi connectivity index (χ0n) is 23.7. The summed E-state index contributed by atoms with van der Waals surface area (Å²) in [6, 6.07) is 15.3. The number of likely N-dealkylation sites (tertiary alicyclic amines) is 2. The fourth-order valence-electron chi connectivity index (χ4n) is 7.47. The van der Waals surface area contributed by atoms with Crippen LogP contribution >= 0.6 is 11.3 Å². The topological polar surface area (TPSA) is 25.6 Å². The van der Waals surface area contributed by atoms with Crippen molar-refractivity contribution in [3.8, 4) is 10.6 Å².